The van der Waals surface area contributed by atoms with Gasteiger partial charge in [0.05, 0.1) is 5.69 Å². The highest BCUT2D eigenvalue weighted by Crippen LogP contribution is 2.22. The molecule has 3 nitrogen and oxygen atoms in total. The Morgan fingerprint density at radius 1 is 1.00 bits per heavy atom. The third kappa shape index (κ3) is 4.51. The maximum atomic E-state index is 4.77. The van der Waals surface area contributed by atoms with E-state index in [0.717, 1.165) is 23.8 Å². The Morgan fingerprint density at radius 3 is 2.33 bits per heavy atom. The van der Waals surface area contributed by atoms with Crippen LogP contribution in [0.15, 0.2) is 66.0 Å². The molecular weight excluding hydrogens is 314 g/mol. The molecule has 0 fully saturated rings. The number of likely N-dealkylation sites (N-methyl/N-ethyl adjacent to an activating group) is 1. The fourth-order valence-electron chi connectivity index (χ4n) is 2.68. The standard InChI is InChI=1S/C20H23N3S/c1-23(2)14-18(16-9-5-3-6-10-16)21-13-20-22-19(15-24-20)17-11-7-4-8-12-17/h3-12,15,18,21H,13-14H2,1-2H3. The zero-order chi connectivity index (χ0) is 16.8. The van der Waals surface area contributed by atoms with Crippen LogP contribution in [0.5, 0.6) is 0 Å². The maximum Gasteiger partial charge on any atom is 0.107 e. The summed E-state index contributed by atoms with van der Waals surface area (Å²) in [6.07, 6.45) is 0. The van der Waals surface area contributed by atoms with Gasteiger partial charge in [0.25, 0.3) is 0 Å². The number of aromatic nitrogens is 1. The lowest BCUT2D eigenvalue weighted by atomic mass is 10.1. The van der Waals surface area contributed by atoms with Gasteiger partial charge in [0.15, 0.2) is 0 Å². The second-order valence-electron chi connectivity index (χ2n) is 6.10. The molecule has 3 aromatic rings. The van der Waals surface area contributed by atoms with Gasteiger partial charge >= 0.3 is 0 Å². The lowest BCUT2D eigenvalue weighted by Gasteiger charge is -2.22. The van der Waals surface area contributed by atoms with E-state index in [1.807, 2.05) is 6.07 Å². The van der Waals surface area contributed by atoms with E-state index in [9.17, 15) is 0 Å². The Hall–Kier alpha value is -2.01. The molecule has 1 atom stereocenters. The first-order valence-electron chi connectivity index (χ1n) is 8.15. The summed E-state index contributed by atoms with van der Waals surface area (Å²) in [5.41, 5.74) is 3.54. The number of nitrogens with zero attached hydrogens (tertiary/aromatic N) is 2. The summed E-state index contributed by atoms with van der Waals surface area (Å²) in [4.78, 5) is 6.98. The quantitative estimate of drug-likeness (QED) is 0.700. The van der Waals surface area contributed by atoms with Crippen molar-refractivity contribution in [2.24, 2.45) is 0 Å². The summed E-state index contributed by atoms with van der Waals surface area (Å²) >= 11 is 1.71. The monoisotopic (exact) mass is 337 g/mol. The molecule has 3 rings (SSSR count). The molecule has 1 N–H and O–H groups in total. The number of nitrogens with one attached hydrogen (secondary N) is 1. The maximum absolute atomic E-state index is 4.77. The lowest BCUT2D eigenvalue weighted by Crippen LogP contribution is -2.30. The van der Waals surface area contributed by atoms with Crippen LogP contribution in [0.25, 0.3) is 11.3 Å². The molecule has 0 aliphatic carbocycles. The number of rotatable bonds is 7. The van der Waals surface area contributed by atoms with E-state index in [1.54, 1.807) is 11.3 Å². The number of hydrogen-bond acceptors (Lipinski definition) is 4. The van der Waals surface area contributed by atoms with E-state index in [2.05, 4.69) is 84.3 Å². The van der Waals surface area contributed by atoms with Crippen molar-refractivity contribution in [2.75, 3.05) is 20.6 Å². The number of hydrogen-bond donors (Lipinski definition) is 1. The van der Waals surface area contributed by atoms with Gasteiger partial charge in [-0.15, -0.1) is 11.3 Å². The zero-order valence-corrected chi connectivity index (χ0v) is 15.0. The van der Waals surface area contributed by atoms with E-state index < -0.39 is 0 Å². The third-order valence-corrected chi connectivity index (χ3v) is 4.72. The molecule has 0 saturated heterocycles. The van der Waals surface area contributed by atoms with Crippen molar-refractivity contribution >= 4 is 11.3 Å². The molecule has 1 aromatic heterocycles. The van der Waals surface area contributed by atoms with Crippen LogP contribution in [0.1, 0.15) is 16.6 Å². The molecule has 0 saturated carbocycles. The molecule has 0 radical (unpaired) electrons. The average molecular weight is 337 g/mol. The van der Waals surface area contributed by atoms with Gasteiger partial charge in [-0.2, -0.15) is 0 Å². The molecule has 2 aromatic carbocycles. The largest absolute Gasteiger partial charge is 0.308 e. The highest BCUT2D eigenvalue weighted by molar-refractivity contribution is 7.09. The molecule has 0 bridgehead atoms. The van der Waals surface area contributed by atoms with Crippen molar-refractivity contribution in [1.82, 2.24) is 15.2 Å². The summed E-state index contributed by atoms with van der Waals surface area (Å²) < 4.78 is 0. The highest BCUT2D eigenvalue weighted by Gasteiger charge is 2.13. The van der Waals surface area contributed by atoms with Crippen LogP contribution < -0.4 is 5.32 Å². The van der Waals surface area contributed by atoms with Crippen LogP contribution in [-0.4, -0.2) is 30.5 Å². The molecule has 24 heavy (non-hydrogen) atoms. The first kappa shape index (κ1) is 16.8. The Balaban J connectivity index is 1.68. The molecule has 1 unspecified atom stereocenters. The first-order valence-corrected chi connectivity index (χ1v) is 9.03. The van der Waals surface area contributed by atoms with Gasteiger partial charge in [-0.05, 0) is 19.7 Å². The molecule has 4 heteroatoms. The minimum absolute atomic E-state index is 0.297. The van der Waals surface area contributed by atoms with Crippen LogP contribution in [-0.2, 0) is 6.54 Å². The van der Waals surface area contributed by atoms with E-state index >= 15 is 0 Å². The van der Waals surface area contributed by atoms with Crippen molar-refractivity contribution in [3.63, 3.8) is 0 Å². The fraction of sp³-hybridized carbons (Fsp3) is 0.250. The van der Waals surface area contributed by atoms with Crippen molar-refractivity contribution in [3.8, 4) is 11.3 Å². The first-order chi connectivity index (χ1) is 11.7. The highest BCUT2D eigenvalue weighted by atomic mass is 32.1. The van der Waals surface area contributed by atoms with Crippen molar-refractivity contribution in [1.29, 1.82) is 0 Å². The van der Waals surface area contributed by atoms with E-state index in [4.69, 9.17) is 4.98 Å². The van der Waals surface area contributed by atoms with Crippen LogP contribution in [0.3, 0.4) is 0 Å². The van der Waals surface area contributed by atoms with Crippen molar-refractivity contribution in [2.45, 2.75) is 12.6 Å². The second kappa shape index (κ2) is 8.20. The number of thiazole rings is 1. The summed E-state index contributed by atoms with van der Waals surface area (Å²) in [6, 6.07) is 21.2. The summed E-state index contributed by atoms with van der Waals surface area (Å²) in [5, 5.41) is 6.91. The van der Waals surface area contributed by atoms with Crippen LogP contribution in [0, 0.1) is 0 Å². The predicted molar refractivity (Wildman–Crippen MR) is 102 cm³/mol. The van der Waals surface area contributed by atoms with Gasteiger partial charge in [-0.1, -0.05) is 60.7 Å². The molecule has 0 aliphatic heterocycles. The minimum Gasteiger partial charge on any atom is -0.308 e. The SMILES string of the molecule is CN(C)CC(NCc1nc(-c2ccccc2)cs1)c1ccccc1. The summed E-state index contributed by atoms with van der Waals surface area (Å²) in [5.74, 6) is 0. The lowest BCUT2D eigenvalue weighted by molar-refractivity contribution is 0.340. The molecule has 1 heterocycles. The van der Waals surface area contributed by atoms with E-state index in [-0.39, 0.29) is 0 Å². The molecule has 0 spiro atoms. The zero-order valence-electron chi connectivity index (χ0n) is 14.1. The van der Waals surface area contributed by atoms with Gasteiger partial charge in [-0.3, -0.25) is 0 Å². The Labute approximate surface area is 148 Å². The Morgan fingerprint density at radius 2 is 1.67 bits per heavy atom. The number of benzene rings is 2. The van der Waals surface area contributed by atoms with Crippen LogP contribution in [0.2, 0.25) is 0 Å². The van der Waals surface area contributed by atoms with E-state index in [0.29, 0.717) is 6.04 Å². The van der Waals surface area contributed by atoms with Crippen molar-refractivity contribution < 1.29 is 0 Å². The Kier molecular flexibility index (Phi) is 5.75. The van der Waals surface area contributed by atoms with Gasteiger partial charge in [0.1, 0.15) is 5.01 Å². The molecule has 0 aliphatic rings. The van der Waals surface area contributed by atoms with Crippen LogP contribution in [0.4, 0.5) is 0 Å². The summed E-state index contributed by atoms with van der Waals surface area (Å²) in [6.45, 7) is 1.74. The molecule has 124 valence electrons. The minimum atomic E-state index is 0.297. The van der Waals surface area contributed by atoms with Gasteiger partial charge in [0, 0.05) is 30.1 Å². The predicted octanol–water partition coefficient (Wildman–Crippen LogP) is 4.20. The normalized spacial score (nSPS) is 12.5. The molecule has 0 amide bonds. The third-order valence-electron chi connectivity index (χ3n) is 3.87. The van der Waals surface area contributed by atoms with Gasteiger partial charge in [-0.25, -0.2) is 4.98 Å². The smallest absolute Gasteiger partial charge is 0.107 e. The average Bonchev–Trinajstić information content (AvgIpc) is 3.09. The molecular formula is C20H23N3S. The topological polar surface area (TPSA) is 28.2 Å². The van der Waals surface area contributed by atoms with Crippen LogP contribution >= 0.6 is 11.3 Å². The summed E-state index contributed by atoms with van der Waals surface area (Å²) in [7, 11) is 4.21. The van der Waals surface area contributed by atoms with Gasteiger partial charge in [0.2, 0.25) is 0 Å². The van der Waals surface area contributed by atoms with Crippen molar-refractivity contribution in [3.05, 3.63) is 76.6 Å². The Bertz CT molecular complexity index is 738. The fourth-order valence-corrected chi connectivity index (χ4v) is 3.44. The van der Waals surface area contributed by atoms with E-state index in [1.165, 1.54) is 11.1 Å². The van der Waals surface area contributed by atoms with Gasteiger partial charge < -0.3 is 10.2 Å². The second-order valence-corrected chi connectivity index (χ2v) is 7.04.